The predicted molar refractivity (Wildman–Crippen MR) is 123 cm³/mol. The highest BCUT2D eigenvalue weighted by atomic mass is 35.5. The van der Waals surface area contributed by atoms with Gasteiger partial charge in [-0.15, -0.1) is 11.3 Å². The number of halogens is 1. The molecule has 0 fully saturated rings. The topological polar surface area (TPSA) is 168 Å². The van der Waals surface area contributed by atoms with Gasteiger partial charge in [-0.1, -0.05) is 11.6 Å². The van der Waals surface area contributed by atoms with Gasteiger partial charge in [-0.05, 0) is 40.2 Å². The van der Waals surface area contributed by atoms with E-state index in [1.807, 2.05) is 0 Å². The minimum atomic E-state index is -1.01. The standard InChI is InChI=1S/C20H20ClN3O9S/c1-6-32-18(26)13-9(2)15(19(27)33-20(3,4)5)34-17(13)22-16(25)10-7-11(23(28)29)14(21)12(8-10)24(30)31/h7-8H,6H2,1-5H3,(H,22,25). The summed E-state index contributed by atoms with van der Waals surface area (Å²) in [5, 5.41) is 24.0. The summed E-state index contributed by atoms with van der Waals surface area (Å²) in [4.78, 5) is 58.6. The zero-order valence-electron chi connectivity index (χ0n) is 18.7. The molecule has 0 saturated carbocycles. The highest BCUT2D eigenvalue weighted by Crippen LogP contribution is 2.37. The van der Waals surface area contributed by atoms with Crippen LogP contribution in [0.1, 0.15) is 63.6 Å². The monoisotopic (exact) mass is 513 g/mol. The molecule has 1 aromatic heterocycles. The van der Waals surface area contributed by atoms with Crippen molar-refractivity contribution in [1.29, 1.82) is 0 Å². The van der Waals surface area contributed by atoms with E-state index in [1.165, 1.54) is 6.92 Å². The average Bonchev–Trinajstić information content (AvgIpc) is 3.02. The lowest BCUT2D eigenvalue weighted by Crippen LogP contribution is -2.23. The number of benzene rings is 1. The lowest BCUT2D eigenvalue weighted by molar-refractivity contribution is -0.393. The van der Waals surface area contributed by atoms with Crippen LogP contribution in [0.5, 0.6) is 0 Å². The first kappa shape index (κ1) is 26.7. The molecule has 0 aliphatic heterocycles. The Morgan fingerprint density at radius 1 is 1.09 bits per heavy atom. The lowest BCUT2D eigenvalue weighted by atomic mass is 10.1. The van der Waals surface area contributed by atoms with Crippen LogP contribution < -0.4 is 5.32 Å². The molecule has 34 heavy (non-hydrogen) atoms. The van der Waals surface area contributed by atoms with E-state index in [0.29, 0.717) is 0 Å². The molecule has 1 amide bonds. The Kier molecular flexibility index (Phi) is 7.95. The molecule has 0 saturated heterocycles. The molecular weight excluding hydrogens is 494 g/mol. The van der Waals surface area contributed by atoms with Crippen molar-refractivity contribution in [3.8, 4) is 0 Å². The number of esters is 2. The molecular formula is C20H20ClN3O9S. The minimum absolute atomic E-state index is 0.0127. The average molecular weight is 514 g/mol. The number of hydrogen-bond donors (Lipinski definition) is 1. The van der Waals surface area contributed by atoms with Gasteiger partial charge in [0.1, 0.15) is 15.5 Å². The maximum absolute atomic E-state index is 12.9. The van der Waals surface area contributed by atoms with Gasteiger partial charge in [-0.2, -0.15) is 0 Å². The van der Waals surface area contributed by atoms with Crippen LogP contribution in [0.25, 0.3) is 0 Å². The molecule has 0 radical (unpaired) electrons. The first-order chi connectivity index (χ1) is 15.7. The normalized spacial score (nSPS) is 11.0. The largest absolute Gasteiger partial charge is 0.462 e. The Bertz CT molecular complexity index is 1170. The molecule has 0 unspecified atom stereocenters. The van der Waals surface area contributed by atoms with Crippen LogP contribution in [0.2, 0.25) is 5.02 Å². The number of rotatable bonds is 7. The van der Waals surface area contributed by atoms with E-state index in [4.69, 9.17) is 21.1 Å². The van der Waals surface area contributed by atoms with Gasteiger partial charge in [-0.3, -0.25) is 25.0 Å². The second-order valence-corrected chi connectivity index (χ2v) is 9.18. The van der Waals surface area contributed by atoms with Gasteiger partial charge in [0.25, 0.3) is 17.3 Å². The lowest BCUT2D eigenvalue weighted by Gasteiger charge is -2.19. The van der Waals surface area contributed by atoms with Gasteiger partial charge >= 0.3 is 11.9 Å². The molecule has 14 heteroatoms. The highest BCUT2D eigenvalue weighted by molar-refractivity contribution is 7.18. The number of ether oxygens (including phenoxy) is 2. The van der Waals surface area contributed by atoms with Gasteiger partial charge < -0.3 is 14.8 Å². The number of thiophene rings is 1. The third kappa shape index (κ3) is 5.85. The molecule has 182 valence electrons. The van der Waals surface area contributed by atoms with Gasteiger partial charge in [0.15, 0.2) is 5.02 Å². The second kappa shape index (κ2) is 10.1. The Hall–Kier alpha value is -3.58. The Labute approximate surface area is 202 Å². The zero-order valence-corrected chi connectivity index (χ0v) is 20.3. The summed E-state index contributed by atoms with van der Waals surface area (Å²) in [5.74, 6) is -2.57. The number of nitrogens with zero attached hydrogens (tertiary/aromatic N) is 2. The van der Waals surface area contributed by atoms with E-state index in [-0.39, 0.29) is 27.6 Å². The third-order valence-electron chi connectivity index (χ3n) is 4.13. The third-order valence-corrected chi connectivity index (χ3v) is 5.70. The summed E-state index contributed by atoms with van der Waals surface area (Å²) in [6.45, 7) is 8.02. The maximum atomic E-state index is 12.9. The number of anilines is 1. The first-order valence-corrected chi connectivity index (χ1v) is 10.8. The molecule has 1 heterocycles. The van der Waals surface area contributed by atoms with Crippen molar-refractivity contribution in [1.82, 2.24) is 0 Å². The minimum Gasteiger partial charge on any atom is -0.462 e. The number of nitro benzene ring substituents is 2. The van der Waals surface area contributed by atoms with Crippen molar-refractivity contribution in [2.75, 3.05) is 11.9 Å². The number of nitrogens with one attached hydrogen (secondary N) is 1. The molecule has 12 nitrogen and oxygen atoms in total. The molecule has 0 atom stereocenters. The van der Waals surface area contributed by atoms with Crippen molar-refractivity contribution >= 4 is 57.2 Å². The first-order valence-electron chi connectivity index (χ1n) is 9.65. The van der Waals surface area contributed by atoms with Crippen molar-refractivity contribution in [3.63, 3.8) is 0 Å². The summed E-state index contributed by atoms with van der Waals surface area (Å²) in [6, 6.07) is 1.54. The van der Waals surface area contributed by atoms with Gasteiger partial charge in [0, 0.05) is 12.1 Å². The van der Waals surface area contributed by atoms with Gasteiger partial charge in [0.2, 0.25) is 0 Å². The maximum Gasteiger partial charge on any atom is 0.349 e. The SMILES string of the molecule is CCOC(=O)c1c(NC(=O)c2cc([N+](=O)[O-])c(Cl)c([N+](=O)[O-])c2)sc(C(=O)OC(C)(C)C)c1C. The van der Waals surface area contributed by atoms with Crippen LogP contribution in [0.15, 0.2) is 12.1 Å². The fraction of sp³-hybridized carbons (Fsp3) is 0.350. The van der Waals surface area contributed by atoms with Gasteiger partial charge in [-0.25, -0.2) is 9.59 Å². The van der Waals surface area contributed by atoms with Crippen molar-refractivity contribution in [2.24, 2.45) is 0 Å². The fourth-order valence-corrected chi connectivity index (χ4v) is 4.05. The molecule has 0 spiro atoms. The molecule has 0 aliphatic rings. The van der Waals surface area contributed by atoms with Crippen LogP contribution in [-0.2, 0) is 9.47 Å². The van der Waals surface area contributed by atoms with Crippen molar-refractivity contribution in [2.45, 2.75) is 40.2 Å². The van der Waals surface area contributed by atoms with Crippen molar-refractivity contribution in [3.05, 3.63) is 59.0 Å². The molecule has 0 aliphatic carbocycles. The molecule has 0 bridgehead atoms. The van der Waals surface area contributed by atoms with Crippen LogP contribution in [-0.4, -0.2) is 39.9 Å². The fourth-order valence-electron chi connectivity index (χ4n) is 2.74. The van der Waals surface area contributed by atoms with Crippen LogP contribution in [0, 0.1) is 27.2 Å². The Balaban J connectivity index is 2.57. The molecule has 2 rings (SSSR count). The van der Waals surface area contributed by atoms with Gasteiger partial charge in [0.05, 0.1) is 27.6 Å². The van der Waals surface area contributed by atoms with Crippen molar-refractivity contribution < 1.29 is 33.7 Å². The number of nitro groups is 2. The van der Waals surface area contributed by atoms with E-state index < -0.39 is 55.3 Å². The summed E-state index contributed by atoms with van der Waals surface area (Å²) in [7, 11) is 0. The number of hydrogen-bond acceptors (Lipinski definition) is 10. The predicted octanol–water partition coefficient (Wildman–Crippen LogP) is 4.91. The number of amides is 1. The summed E-state index contributed by atoms with van der Waals surface area (Å²) >= 11 is 6.46. The van der Waals surface area contributed by atoms with Crippen LogP contribution in [0.4, 0.5) is 16.4 Å². The van der Waals surface area contributed by atoms with E-state index in [0.717, 1.165) is 23.5 Å². The van der Waals surface area contributed by atoms with E-state index >= 15 is 0 Å². The van der Waals surface area contributed by atoms with E-state index in [1.54, 1.807) is 27.7 Å². The van der Waals surface area contributed by atoms with Crippen LogP contribution in [0.3, 0.4) is 0 Å². The number of carbonyl (C=O) groups excluding carboxylic acids is 3. The summed E-state index contributed by atoms with van der Waals surface area (Å²) in [6.07, 6.45) is 0. The molecule has 1 aromatic carbocycles. The van der Waals surface area contributed by atoms with E-state index in [2.05, 4.69) is 5.32 Å². The quantitative estimate of drug-likeness (QED) is 0.307. The highest BCUT2D eigenvalue weighted by Gasteiger charge is 2.31. The Morgan fingerprint density at radius 3 is 2.06 bits per heavy atom. The summed E-state index contributed by atoms with van der Waals surface area (Å²) < 4.78 is 10.4. The Morgan fingerprint density at radius 2 is 1.62 bits per heavy atom. The molecule has 1 N–H and O–H groups in total. The zero-order chi connectivity index (χ0) is 26.0. The van der Waals surface area contributed by atoms with Crippen LogP contribution >= 0.6 is 22.9 Å². The summed E-state index contributed by atoms with van der Waals surface area (Å²) in [5.41, 5.74) is -2.89. The van der Waals surface area contributed by atoms with E-state index in [9.17, 15) is 34.6 Å². The second-order valence-electron chi connectivity index (χ2n) is 7.78. The molecule has 2 aromatic rings. The smallest absolute Gasteiger partial charge is 0.349 e. The number of carbonyl (C=O) groups is 3.